The standard InChI is InChI=1S/C18H19ClFN3O/c1-18(24-2)9-23(10-18)16-14-8-7-13(15(14)21-17(19)22-16)11-3-5-12(20)6-4-11/h3-6,13H,7-10H2,1-2H3. The third-order valence-corrected chi connectivity index (χ3v) is 5.29. The summed E-state index contributed by atoms with van der Waals surface area (Å²) in [5.74, 6) is 0.844. The molecule has 1 aliphatic carbocycles. The summed E-state index contributed by atoms with van der Waals surface area (Å²) >= 11 is 6.20. The van der Waals surface area contributed by atoms with Gasteiger partial charge >= 0.3 is 0 Å². The van der Waals surface area contributed by atoms with E-state index in [1.807, 2.05) is 12.1 Å². The second-order valence-electron chi connectivity index (χ2n) is 6.83. The molecule has 24 heavy (non-hydrogen) atoms. The van der Waals surface area contributed by atoms with Gasteiger partial charge in [-0.05, 0) is 49.1 Å². The Balaban J connectivity index is 1.69. The van der Waals surface area contributed by atoms with E-state index in [-0.39, 0.29) is 22.6 Å². The average molecular weight is 348 g/mol. The molecule has 0 saturated carbocycles. The molecule has 1 aliphatic heterocycles. The molecule has 2 aliphatic rings. The maximum absolute atomic E-state index is 13.2. The van der Waals surface area contributed by atoms with Gasteiger partial charge in [0.2, 0.25) is 5.28 Å². The molecule has 0 N–H and O–H groups in total. The minimum atomic E-state index is -0.224. The summed E-state index contributed by atoms with van der Waals surface area (Å²) in [5, 5.41) is 0.267. The predicted octanol–water partition coefficient (Wildman–Crippen LogP) is 3.57. The van der Waals surface area contributed by atoms with Crippen LogP contribution in [0.2, 0.25) is 5.28 Å². The van der Waals surface area contributed by atoms with Crippen LogP contribution in [0.15, 0.2) is 24.3 Å². The maximum Gasteiger partial charge on any atom is 0.224 e. The van der Waals surface area contributed by atoms with E-state index in [4.69, 9.17) is 16.3 Å². The van der Waals surface area contributed by atoms with Gasteiger partial charge in [0, 0.05) is 31.7 Å². The molecule has 0 amide bonds. The van der Waals surface area contributed by atoms with E-state index >= 15 is 0 Å². The predicted molar refractivity (Wildman–Crippen MR) is 91.2 cm³/mol. The number of hydrogen-bond donors (Lipinski definition) is 0. The highest BCUT2D eigenvalue weighted by Gasteiger charge is 2.42. The van der Waals surface area contributed by atoms with Gasteiger partial charge in [-0.15, -0.1) is 0 Å². The summed E-state index contributed by atoms with van der Waals surface area (Å²) in [6.45, 7) is 3.68. The summed E-state index contributed by atoms with van der Waals surface area (Å²) in [5.41, 5.74) is 3.08. The van der Waals surface area contributed by atoms with E-state index in [2.05, 4.69) is 21.8 Å². The molecule has 1 aromatic heterocycles. The van der Waals surface area contributed by atoms with E-state index in [0.717, 1.165) is 48.6 Å². The van der Waals surface area contributed by atoms with Crippen molar-refractivity contribution < 1.29 is 9.13 Å². The fourth-order valence-corrected chi connectivity index (χ4v) is 3.91. The van der Waals surface area contributed by atoms with E-state index in [9.17, 15) is 4.39 Å². The van der Waals surface area contributed by atoms with Gasteiger partial charge in [0.15, 0.2) is 0 Å². The quantitative estimate of drug-likeness (QED) is 0.796. The third kappa shape index (κ3) is 2.56. The van der Waals surface area contributed by atoms with Crippen LogP contribution >= 0.6 is 11.6 Å². The van der Waals surface area contributed by atoms with E-state index in [1.54, 1.807) is 7.11 Å². The maximum atomic E-state index is 13.2. The molecule has 1 fully saturated rings. The van der Waals surface area contributed by atoms with E-state index in [0.29, 0.717) is 0 Å². The van der Waals surface area contributed by atoms with Gasteiger partial charge in [0.25, 0.3) is 0 Å². The van der Waals surface area contributed by atoms with Gasteiger partial charge in [0.1, 0.15) is 11.6 Å². The fraction of sp³-hybridized carbons (Fsp3) is 0.444. The monoisotopic (exact) mass is 347 g/mol. The number of rotatable bonds is 3. The van der Waals surface area contributed by atoms with Crippen LogP contribution in [0.3, 0.4) is 0 Å². The number of halogens is 2. The Hall–Kier alpha value is -1.72. The Morgan fingerprint density at radius 1 is 1.25 bits per heavy atom. The lowest BCUT2D eigenvalue weighted by atomic mass is 9.95. The van der Waals surface area contributed by atoms with Crippen LogP contribution in [-0.4, -0.2) is 35.8 Å². The van der Waals surface area contributed by atoms with Crippen molar-refractivity contribution in [2.75, 3.05) is 25.1 Å². The number of ether oxygens (including phenoxy) is 1. The lowest BCUT2D eigenvalue weighted by Crippen LogP contribution is -2.61. The topological polar surface area (TPSA) is 38.2 Å². The number of hydrogen-bond acceptors (Lipinski definition) is 4. The SMILES string of the molecule is COC1(C)CN(c2nc(Cl)nc3c2CCC3c2ccc(F)cc2)C1. The smallest absolute Gasteiger partial charge is 0.224 e. The molecule has 1 atom stereocenters. The first kappa shape index (κ1) is 15.8. The zero-order valence-corrected chi connectivity index (χ0v) is 14.5. The first-order valence-electron chi connectivity index (χ1n) is 8.11. The molecule has 2 aromatic rings. The highest BCUT2D eigenvalue weighted by molar-refractivity contribution is 6.28. The van der Waals surface area contributed by atoms with Crippen molar-refractivity contribution in [1.82, 2.24) is 9.97 Å². The van der Waals surface area contributed by atoms with Gasteiger partial charge in [0.05, 0.1) is 11.3 Å². The van der Waals surface area contributed by atoms with E-state index < -0.39 is 0 Å². The van der Waals surface area contributed by atoms with Crippen molar-refractivity contribution in [3.63, 3.8) is 0 Å². The minimum absolute atomic E-state index is 0.126. The van der Waals surface area contributed by atoms with Gasteiger partial charge in [-0.2, -0.15) is 0 Å². The number of benzene rings is 1. The zero-order valence-electron chi connectivity index (χ0n) is 13.7. The molecule has 1 aromatic carbocycles. The average Bonchev–Trinajstić information content (AvgIpc) is 2.95. The number of fused-ring (bicyclic) bond motifs is 1. The molecular weight excluding hydrogens is 329 g/mol. The summed E-state index contributed by atoms with van der Waals surface area (Å²) < 4.78 is 18.7. The molecule has 2 heterocycles. The molecule has 0 radical (unpaired) electrons. The Morgan fingerprint density at radius 2 is 1.96 bits per heavy atom. The second kappa shape index (κ2) is 5.67. The van der Waals surface area contributed by atoms with Crippen molar-refractivity contribution in [2.45, 2.75) is 31.3 Å². The molecular formula is C18H19ClFN3O. The summed E-state index contributed by atoms with van der Waals surface area (Å²) in [6, 6.07) is 6.65. The minimum Gasteiger partial charge on any atom is -0.375 e. The van der Waals surface area contributed by atoms with E-state index in [1.165, 1.54) is 12.1 Å². The van der Waals surface area contributed by atoms with Crippen molar-refractivity contribution in [3.8, 4) is 0 Å². The molecule has 1 unspecified atom stereocenters. The van der Waals surface area contributed by atoms with Crippen LogP contribution < -0.4 is 4.90 Å². The highest BCUT2D eigenvalue weighted by atomic mass is 35.5. The van der Waals surface area contributed by atoms with Crippen molar-refractivity contribution in [3.05, 3.63) is 52.2 Å². The number of nitrogens with zero attached hydrogens (tertiary/aromatic N) is 3. The summed E-state index contributed by atoms with van der Waals surface area (Å²) in [4.78, 5) is 11.2. The van der Waals surface area contributed by atoms with Gasteiger partial charge in [-0.3, -0.25) is 0 Å². The summed E-state index contributed by atoms with van der Waals surface area (Å²) in [6.07, 6.45) is 1.85. The molecule has 1 saturated heterocycles. The number of aromatic nitrogens is 2. The molecule has 4 rings (SSSR count). The van der Waals surface area contributed by atoms with Crippen molar-refractivity contribution in [1.29, 1.82) is 0 Å². The second-order valence-corrected chi connectivity index (χ2v) is 7.17. The van der Waals surface area contributed by atoms with Crippen molar-refractivity contribution in [2.24, 2.45) is 0 Å². The Kier molecular flexibility index (Phi) is 3.73. The molecule has 0 spiro atoms. The molecule has 0 bridgehead atoms. The first-order chi connectivity index (χ1) is 11.5. The van der Waals surface area contributed by atoms with Crippen LogP contribution in [0.4, 0.5) is 10.2 Å². The number of anilines is 1. The van der Waals surface area contributed by atoms with Crippen LogP contribution in [0.5, 0.6) is 0 Å². The zero-order chi connectivity index (χ0) is 16.9. The largest absolute Gasteiger partial charge is 0.375 e. The lowest BCUT2D eigenvalue weighted by molar-refractivity contribution is -0.0172. The van der Waals surface area contributed by atoms with Gasteiger partial charge in [-0.1, -0.05) is 12.1 Å². The van der Waals surface area contributed by atoms with Gasteiger partial charge in [-0.25, -0.2) is 14.4 Å². The third-order valence-electron chi connectivity index (χ3n) is 5.12. The molecule has 6 heteroatoms. The fourth-order valence-electron chi connectivity index (χ4n) is 3.74. The Labute approximate surface area is 145 Å². The van der Waals surface area contributed by atoms with Crippen LogP contribution in [0.1, 0.15) is 36.1 Å². The first-order valence-corrected chi connectivity index (χ1v) is 8.49. The lowest BCUT2D eigenvalue weighted by Gasteiger charge is -2.48. The molecule has 4 nitrogen and oxygen atoms in total. The molecule has 126 valence electrons. The van der Waals surface area contributed by atoms with Crippen LogP contribution in [0, 0.1) is 5.82 Å². The Morgan fingerprint density at radius 3 is 2.62 bits per heavy atom. The Bertz CT molecular complexity index is 775. The summed E-state index contributed by atoms with van der Waals surface area (Å²) in [7, 11) is 1.74. The van der Waals surface area contributed by atoms with Crippen LogP contribution in [-0.2, 0) is 11.2 Å². The van der Waals surface area contributed by atoms with Crippen molar-refractivity contribution >= 4 is 17.4 Å². The normalized spacial score (nSPS) is 21.5. The highest BCUT2D eigenvalue weighted by Crippen LogP contribution is 2.42. The number of methoxy groups -OCH3 is 1. The van der Waals surface area contributed by atoms with Crippen LogP contribution in [0.25, 0.3) is 0 Å². The van der Waals surface area contributed by atoms with Gasteiger partial charge < -0.3 is 9.64 Å².